The molecule has 2 rings (SSSR count). The van der Waals surface area contributed by atoms with E-state index in [-0.39, 0.29) is 0 Å². The van der Waals surface area contributed by atoms with Crippen LogP contribution in [-0.4, -0.2) is 19.7 Å². The summed E-state index contributed by atoms with van der Waals surface area (Å²) in [6, 6.07) is 5.29. The molecule has 4 nitrogen and oxygen atoms in total. The molecule has 4 heteroatoms. The Bertz CT molecular complexity index is 595. The molecule has 0 spiro atoms. The third-order valence-corrected chi connectivity index (χ3v) is 2.72. The Balaban J connectivity index is 2.48. The van der Waals surface area contributed by atoms with Crippen molar-refractivity contribution in [1.82, 2.24) is 0 Å². The molecule has 0 saturated heterocycles. The summed E-state index contributed by atoms with van der Waals surface area (Å²) < 4.78 is 16.1. The van der Waals surface area contributed by atoms with Gasteiger partial charge in [0.25, 0.3) is 0 Å². The fourth-order valence-corrected chi connectivity index (χ4v) is 1.85. The van der Waals surface area contributed by atoms with Crippen molar-refractivity contribution < 1.29 is 18.7 Å². The predicted octanol–water partition coefficient (Wildman–Crippen LogP) is 3.56. The molecule has 1 aromatic heterocycles. The zero-order valence-electron chi connectivity index (χ0n) is 11.6. The minimum atomic E-state index is -0.398. The Labute approximate surface area is 112 Å². The van der Waals surface area contributed by atoms with Gasteiger partial charge in [-0.25, -0.2) is 4.79 Å². The highest BCUT2D eigenvalue weighted by molar-refractivity contribution is 5.96. The highest BCUT2D eigenvalue weighted by Crippen LogP contribution is 2.31. The summed E-state index contributed by atoms with van der Waals surface area (Å²) in [5.41, 5.74) is 1.07. The first-order valence-corrected chi connectivity index (χ1v) is 6.26. The van der Waals surface area contributed by atoms with Crippen LogP contribution in [0.25, 0.3) is 11.0 Å². The van der Waals surface area contributed by atoms with Gasteiger partial charge in [0.15, 0.2) is 0 Å². The zero-order chi connectivity index (χ0) is 14.0. The van der Waals surface area contributed by atoms with E-state index in [1.165, 1.54) is 7.11 Å². The maximum atomic E-state index is 11.6. The molecule has 0 aliphatic carbocycles. The monoisotopic (exact) mass is 262 g/mol. The van der Waals surface area contributed by atoms with Gasteiger partial charge in [0, 0.05) is 0 Å². The number of fused-ring (bicyclic) bond motifs is 1. The van der Waals surface area contributed by atoms with E-state index >= 15 is 0 Å². The molecule has 0 atom stereocenters. The quantitative estimate of drug-likeness (QED) is 0.790. The summed E-state index contributed by atoms with van der Waals surface area (Å²) in [5.74, 6) is 1.45. The number of ether oxygens (including phenoxy) is 2. The predicted molar refractivity (Wildman–Crippen MR) is 72.6 cm³/mol. The summed E-state index contributed by atoms with van der Waals surface area (Å²) >= 11 is 0. The Morgan fingerprint density at radius 1 is 1.32 bits per heavy atom. The van der Waals surface area contributed by atoms with E-state index in [1.54, 1.807) is 12.1 Å². The van der Waals surface area contributed by atoms with Gasteiger partial charge in [0.1, 0.15) is 17.1 Å². The molecular formula is C15H18O4. The molecule has 0 fully saturated rings. The van der Waals surface area contributed by atoms with Crippen LogP contribution in [0.1, 0.15) is 30.0 Å². The Morgan fingerprint density at radius 3 is 2.68 bits per heavy atom. The second-order valence-electron chi connectivity index (χ2n) is 4.94. The van der Waals surface area contributed by atoms with Crippen molar-refractivity contribution >= 4 is 16.9 Å². The minimum absolute atomic E-state index is 0.398. The van der Waals surface area contributed by atoms with Crippen LogP contribution in [0.3, 0.4) is 0 Å². The minimum Gasteiger partial charge on any atom is -0.493 e. The van der Waals surface area contributed by atoms with Gasteiger partial charge in [-0.2, -0.15) is 0 Å². The lowest BCUT2D eigenvalue weighted by Crippen LogP contribution is -2.06. The van der Waals surface area contributed by atoms with E-state index in [0.29, 0.717) is 29.4 Å². The number of aryl methyl sites for hydroxylation is 1. The van der Waals surface area contributed by atoms with Crippen molar-refractivity contribution in [1.29, 1.82) is 0 Å². The van der Waals surface area contributed by atoms with Crippen LogP contribution in [0.5, 0.6) is 5.75 Å². The number of hydrogen-bond donors (Lipinski definition) is 0. The maximum Gasteiger partial charge on any atom is 0.338 e. The fraction of sp³-hybridized carbons (Fsp3) is 0.400. The number of esters is 1. The van der Waals surface area contributed by atoms with E-state index < -0.39 is 5.97 Å². The number of hydrogen-bond acceptors (Lipinski definition) is 4. The summed E-state index contributed by atoms with van der Waals surface area (Å²) in [4.78, 5) is 11.6. The second-order valence-corrected chi connectivity index (χ2v) is 4.94. The van der Waals surface area contributed by atoms with Crippen molar-refractivity contribution in [3.63, 3.8) is 0 Å². The highest BCUT2D eigenvalue weighted by Gasteiger charge is 2.14. The summed E-state index contributed by atoms with van der Waals surface area (Å²) in [5, 5.41) is 0.880. The molecule has 0 saturated carbocycles. The molecular weight excluding hydrogens is 244 g/mol. The first-order valence-electron chi connectivity index (χ1n) is 6.26. The molecule has 19 heavy (non-hydrogen) atoms. The molecule has 0 unspecified atom stereocenters. The summed E-state index contributed by atoms with van der Waals surface area (Å²) in [6.07, 6.45) is 0. The summed E-state index contributed by atoms with van der Waals surface area (Å²) in [7, 11) is 1.36. The topological polar surface area (TPSA) is 48.7 Å². The molecule has 0 aliphatic heterocycles. The van der Waals surface area contributed by atoms with Crippen LogP contribution >= 0.6 is 0 Å². The number of rotatable bonds is 4. The lowest BCUT2D eigenvalue weighted by molar-refractivity contribution is 0.0600. The average Bonchev–Trinajstić information content (AvgIpc) is 2.74. The highest BCUT2D eigenvalue weighted by atomic mass is 16.5. The first kappa shape index (κ1) is 13.5. The molecule has 0 amide bonds. The zero-order valence-corrected chi connectivity index (χ0v) is 11.6. The van der Waals surface area contributed by atoms with Crippen LogP contribution in [0.2, 0.25) is 0 Å². The van der Waals surface area contributed by atoms with Gasteiger partial charge in [0.2, 0.25) is 0 Å². The Kier molecular flexibility index (Phi) is 3.79. The van der Waals surface area contributed by atoms with E-state index in [4.69, 9.17) is 13.9 Å². The van der Waals surface area contributed by atoms with E-state index in [9.17, 15) is 4.79 Å². The van der Waals surface area contributed by atoms with Crippen LogP contribution in [0.15, 0.2) is 22.6 Å². The molecule has 0 aliphatic rings. The third-order valence-electron chi connectivity index (χ3n) is 2.72. The van der Waals surface area contributed by atoms with E-state index in [2.05, 4.69) is 13.8 Å². The Morgan fingerprint density at radius 2 is 2.05 bits per heavy atom. The standard InChI is InChI=1S/C15H18O4/c1-9(2)8-18-13-6-11(15(16)17-4)7-14-12(13)5-10(3)19-14/h5-7,9H,8H2,1-4H3. The van der Waals surface area contributed by atoms with Crippen LogP contribution < -0.4 is 4.74 Å². The van der Waals surface area contributed by atoms with Gasteiger partial charge in [-0.1, -0.05) is 13.8 Å². The number of benzene rings is 1. The van der Waals surface area contributed by atoms with Crippen molar-refractivity contribution in [2.24, 2.45) is 5.92 Å². The number of carbonyl (C=O) groups excluding carboxylic acids is 1. The van der Waals surface area contributed by atoms with Crippen molar-refractivity contribution in [3.05, 3.63) is 29.5 Å². The number of carbonyl (C=O) groups is 1. The SMILES string of the molecule is COC(=O)c1cc(OCC(C)C)c2cc(C)oc2c1. The van der Waals surface area contributed by atoms with Crippen molar-refractivity contribution in [2.75, 3.05) is 13.7 Å². The molecule has 0 N–H and O–H groups in total. The van der Waals surface area contributed by atoms with Crippen molar-refractivity contribution in [3.8, 4) is 5.75 Å². The molecule has 1 heterocycles. The lowest BCUT2D eigenvalue weighted by Gasteiger charge is -2.10. The molecule has 1 aromatic carbocycles. The van der Waals surface area contributed by atoms with Gasteiger partial charge in [-0.05, 0) is 31.0 Å². The molecule has 0 bridgehead atoms. The van der Waals surface area contributed by atoms with Crippen LogP contribution in [0.4, 0.5) is 0 Å². The van der Waals surface area contributed by atoms with Gasteiger partial charge in [-0.3, -0.25) is 0 Å². The first-order chi connectivity index (χ1) is 9.01. The fourth-order valence-electron chi connectivity index (χ4n) is 1.85. The van der Waals surface area contributed by atoms with Gasteiger partial charge >= 0.3 is 5.97 Å². The number of furan rings is 1. The van der Waals surface area contributed by atoms with Crippen molar-refractivity contribution in [2.45, 2.75) is 20.8 Å². The lowest BCUT2D eigenvalue weighted by atomic mass is 10.1. The van der Waals surface area contributed by atoms with Gasteiger partial charge < -0.3 is 13.9 Å². The molecule has 2 aromatic rings. The Hall–Kier alpha value is -1.97. The smallest absolute Gasteiger partial charge is 0.338 e. The van der Waals surface area contributed by atoms with Gasteiger partial charge in [0.05, 0.1) is 24.7 Å². The maximum absolute atomic E-state index is 11.6. The molecule has 0 radical (unpaired) electrons. The largest absolute Gasteiger partial charge is 0.493 e. The van der Waals surface area contributed by atoms with Gasteiger partial charge in [-0.15, -0.1) is 0 Å². The molecule has 102 valence electrons. The normalized spacial score (nSPS) is 11.0. The summed E-state index contributed by atoms with van der Waals surface area (Å²) in [6.45, 7) is 6.60. The second kappa shape index (κ2) is 5.34. The average molecular weight is 262 g/mol. The third kappa shape index (κ3) is 2.89. The van der Waals surface area contributed by atoms with E-state index in [1.807, 2.05) is 13.0 Å². The van der Waals surface area contributed by atoms with Crippen LogP contribution in [-0.2, 0) is 4.74 Å². The van der Waals surface area contributed by atoms with E-state index in [0.717, 1.165) is 11.1 Å². The number of methoxy groups -OCH3 is 1. The van der Waals surface area contributed by atoms with Crippen LogP contribution in [0, 0.1) is 12.8 Å².